The highest BCUT2D eigenvalue weighted by Gasteiger charge is 2.48. The largest absolute Gasteiger partial charge is 0.573 e. The summed E-state index contributed by atoms with van der Waals surface area (Å²) in [5, 5.41) is -0.128. The van der Waals surface area contributed by atoms with Gasteiger partial charge in [0.05, 0.1) is 4.90 Å². The van der Waals surface area contributed by atoms with Crippen LogP contribution in [0.4, 0.5) is 22.0 Å². The molecule has 32 heavy (non-hydrogen) atoms. The predicted octanol–water partition coefficient (Wildman–Crippen LogP) is 5.19. The second kappa shape index (κ2) is 8.86. The van der Waals surface area contributed by atoms with Gasteiger partial charge in [-0.25, -0.2) is 17.2 Å². The molecule has 174 valence electrons. The van der Waals surface area contributed by atoms with Gasteiger partial charge in [-0.05, 0) is 62.1 Å². The molecule has 12 heteroatoms. The van der Waals surface area contributed by atoms with Crippen LogP contribution in [0.5, 0.6) is 5.75 Å². The maximum Gasteiger partial charge on any atom is 0.573 e. The molecule has 0 aromatic heterocycles. The van der Waals surface area contributed by atoms with Crippen LogP contribution in [0.25, 0.3) is 0 Å². The van der Waals surface area contributed by atoms with Crippen molar-refractivity contribution in [1.82, 2.24) is 5.32 Å². The summed E-state index contributed by atoms with van der Waals surface area (Å²) in [7, 11) is -4.65. The Bertz CT molecular complexity index is 1090. The molecule has 5 nitrogen and oxygen atoms in total. The summed E-state index contributed by atoms with van der Waals surface area (Å²) < 4.78 is 95.4. The van der Waals surface area contributed by atoms with Gasteiger partial charge in [-0.15, -0.1) is 13.2 Å². The fourth-order valence-corrected chi connectivity index (χ4v) is 5.41. The van der Waals surface area contributed by atoms with E-state index in [1.165, 1.54) is 6.07 Å². The van der Waals surface area contributed by atoms with Gasteiger partial charge in [0.25, 0.3) is 5.91 Å². The van der Waals surface area contributed by atoms with Crippen molar-refractivity contribution in [2.45, 2.75) is 48.0 Å². The van der Waals surface area contributed by atoms with Gasteiger partial charge < -0.3 is 10.1 Å². The van der Waals surface area contributed by atoms with Gasteiger partial charge in [-0.3, -0.25) is 4.79 Å². The molecule has 0 atom stereocenters. The summed E-state index contributed by atoms with van der Waals surface area (Å²) in [4.78, 5) is 11.7. The second-order valence-corrected chi connectivity index (χ2v) is 9.96. The van der Waals surface area contributed by atoms with Crippen LogP contribution in [0.1, 0.15) is 36.0 Å². The Kier molecular flexibility index (Phi) is 6.71. The molecule has 3 rings (SSSR count). The molecule has 0 aliphatic heterocycles. The number of ether oxygens (including phenoxy) is 1. The number of carbonyl (C=O) groups is 1. The summed E-state index contributed by atoms with van der Waals surface area (Å²) >= 11 is 5.72. The topological polar surface area (TPSA) is 72.5 Å². The fraction of sp³-hybridized carbons (Fsp3) is 0.350. The molecule has 2 aromatic rings. The van der Waals surface area contributed by atoms with Gasteiger partial charge in [0.2, 0.25) is 14.8 Å². The van der Waals surface area contributed by atoms with Gasteiger partial charge in [-0.2, -0.15) is 0 Å². The third-order valence-electron chi connectivity index (χ3n) is 5.02. The van der Waals surface area contributed by atoms with Crippen LogP contribution in [0.15, 0.2) is 47.4 Å². The van der Waals surface area contributed by atoms with Crippen LogP contribution in [0.3, 0.4) is 0 Å². The number of rotatable bonds is 5. The van der Waals surface area contributed by atoms with Crippen LogP contribution in [0.2, 0.25) is 5.02 Å². The molecule has 1 fully saturated rings. The number of carbonyl (C=O) groups excluding carboxylic acids is 1. The van der Waals surface area contributed by atoms with Gasteiger partial charge in [-0.1, -0.05) is 17.7 Å². The Morgan fingerprint density at radius 1 is 1.12 bits per heavy atom. The first-order valence-electron chi connectivity index (χ1n) is 9.35. The molecule has 1 saturated carbocycles. The lowest BCUT2D eigenvalue weighted by Gasteiger charge is -2.33. The number of amides is 1. The summed E-state index contributed by atoms with van der Waals surface area (Å²) in [5.41, 5.74) is -0.0406. The average Bonchev–Trinajstić information content (AvgIpc) is 2.68. The Morgan fingerprint density at radius 3 is 2.38 bits per heavy atom. The molecule has 0 saturated heterocycles. The Hall–Kier alpha value is -2.40. The molecule has 0 bridgehead atoms. The minimum absolute atomic E-state index is 0.0180. The lowest BCUT2D eigenvalue weighted by Crippen LogP contribution is -2.45. The molecule has 0 spiro atoms. The molecule has 0 heterocycles. The maximum absolute atomic E-state index is 15.4. The van der Waals surface area contributed by atoms with Crippen LogP contribution >= 0.6 is 11.6 Å². The van der Waals surface area contributed by atoms with Crippen LogP contribution < -0.4 is 10.1 Å². The normalized spacial score (nSPS) is 21.8. The van der Waals surface area contributed by atoms with Crippen molar-refractivity contribution in [2.75, 3.05) is 0 Å². The highest BCUT2D eigenvalue weighted by molar-refractivity contribution is 7.92. The first kappa shape index (κ1) is 24.2. The number of hydrogen-bond acceptors (Lipinski definition) is 4. The Labute approximate surface area is 185 Å². The number of alkyl halides is 4. The standard InChI is InChI=1S/C20H17ClF5NO4S/c21-13-8-12(9-14(22)10-13)18(28)27-15-4-6-19(23,7-5-15)32(29,30)17-3-1-2-16(11-17)31-20(24,25)26/h1-3,8-11,15H,4-7H2,(H,27,28)/t15-,19-. The van der Waals surface area contributed by atoms with Crippen LogP contribution in [-0.2, 0) is 9.84 Å². The number of hydrogen-bond donors (Lipinski definition) is 1. The van der Waals surface area contributed by atoms with Gasteiger partial charge in [0, 0.05) is 16.6 Å². The van der Waals surface area contributed by atoms with Gasteiger partial charge in [0.1, 0.15) is 11.6 Å². The first-order valence-corrected chi connectivity index (χ1v) is 11.2. The van der Waals surface area contributed by atoms with E-state index in [2.05, 4.69) is 10.1 Å². The minimum Gasteiger partial charge on any atom is -0.406 e. The molecular formula is C20H17ClF5NO4S. The number of benzene rings is 2. The third-order valence-corrected chi connectivity index (χ3v) is 7.49. The van der Waals surface area contributed by atoms with E-state index in [1.54, 1.807) is 0 Å². The van der Waals surface area contributed by atoms with Crippen molar-refractivity contribution in [3.05, 3.63) is 58.9 Å². The van der Waals surface area contributed by atoms with E-state index in [9.17, 15) is 30.8 Å². The first-order chi connectivity index (χ1) is 14.8. The van der Waals surface area contributed by atoms with E-state index < -0.39 is 62.5 Å². The SMILES string of the molecule is O=C(N[C@H]1CC[C@](F)(S(=O)(=O)c2cccc(OC(F)(F)F)c2)CC1)c1cc(F)cc(Cl)c1. The zero-order chi connectivity index (χ0) is 23.7. The van der Waals surface area contributed by atoms with Gasteiger partial charge >= 0.3 is 6.36 Å². The lowest BCUT2D eigenvalue weighted by molar-refractivity contribution is -0.274. The third kappa shape index (κ3) is 5.50. The molecule has 1 amide bonds. The van der Waals surface area contributed by atoms with Crippen molar-refractivity contribution in [3.63, 3.8) is 0 Å². The second-order valence-electron chi connectivity index (χ2n) is 7.32. The van der Waals surface area contributed by atoms with Crippen molar-refractivity contribution in [1.29, 1.82) is 0 Å². The highest BCUT2D eigenvalue weighted by Crippen LogP contribution is 2.41. The van der Waals surface area contributed by atoms with E-state index in [0.717, 1.165) is 30.3 Å². The van der Waals surface area contributed by atoms with E-state index in [1.807, 2.05) is 0 Å². The molecule has 1 N–H and O–H groups in total. The van der Waals surface area contributed by atoms with E-state index in [-0.39, 0.29) is 23.4 Å². The number of sulfone groups is 1. The average molecular weight is 498 g/mol. The lowest BCUT2D eigenvalue weighted by atomic mass is 9.93. The van der Waals surface area contributed by atoms with E-state index >= 15 is 4.39 Å². The van der Waals surface area contributed by atoms with E-state index in [4.69, 9.17) is 11.6 Å². The summed E-state index contributed by atoms with van der Waals surface area (Å²) in [6.07, 6.45) is -6.12. The number of nitrogens with one attached hydrogen (secondary N) is 1. The Balaban J connectivity index is 1.70. The van der Waals surface area contributed by atoms with Crippen molar-refractivity contribution in [3.8, 4) is 5.75 Å². The molecule has 1 aliphatic carbocycles. The summed E-state index contributed by atoms with van der Waals surface area (Å²) in [5.74, 6) is -2.14. The maximum atomic E-state index is 15.4. The minimum atomic E-state index is -5.03. The van der Waals surface area contributed by atoms with E-state index in [0.29, 0.717) is 6.07 Å². The smallest absolute Gasteiger partial charge is 0.406 e. The number of halogens is 6. The van der Waals surface area contributed by atoms with Crippen LogP contribution in [0, 0.1) is 5.82 Å². The quantitative estimate of drug-likeness (QED) is 0.577. The molecule has 1 aliphatic rings. The zero-order valence-electron chi connectivity index (χ0n) is 16.3. The zero-order valence-corrected chi connectivity index (χ0v) is 17.8. The molecular weight excluding hydrogens is 481 g/mol. The predicted molar refractivity (Wildman–Crippen MR) is 105 cm³/mol. The highest BCUT2D eigenvalue weighted by atomic mass is 35.5. The summed E-state index contributed by atoms with van der Waals surface area (Å²) in [6, 6.07) is 6.20. The van der Waals surface area contributed by atoms with Crippen molar-refractivity contribution >= 4 is 27.3 Å². The monoisotopic (exact) mass is 497 g/mol. The van der Waals surface area contributed by atoms with Crippen LogP contribution in [-0.4, -0.2) is 31.7 Å². The van der Waals surface area contributed by atoms with Gasteiger partial charge in [0.15, 0.2) is 0 Å². The molecule has 0 unspecified atom stereocenters. The van der Waals surface area contributed by atoms with Crippen molar-refractivity contribution < 1.29 is 39.9 Å². The molecule has 2 aromatic carbocycles. The molecule has 0 radical (unpaired) electrons. The fourth-order valence-electron chi connectivity index (χ4n) is 3.47. The van der Waals surface area contributed by atoms with Crippen molar-refractivity contribution in [2.24, 2.45) is 0 Å². The summed E-state index contributed by atoms with van der Waals surface area (Å²) in [6.45, 7) is 0. The Morgan fingerprint density at radius 2 is 1.78 bits per heavy atom.